The molecule has 0 heterocycles. The summed E-state index contributed by atoms with van der Waals surface area (Å²) < 4.78 is 0. The summed E-state index contributed by atoms with van der Waals surface area (Å²) in [6, 6.07) is 0. The topological polar surface area (TPSA) is 0 Å². The monoisotopic (exact) mass is 190 g/mol. The first kappa shape index (κ1) is 10.0. The van der Waals surface area contributed by atoms with Crippen LogP contribution in [0.2, 0.25) is 0 Å². The largest absolute Gasteiger partial charge is 0.0773 e. The third kappa shape index (κ3) is 1.45. The van der Waals surface area contributed by atoms with Crippen molar-refractivity contribution in [2.24, 2.45) is 11.8 Å². The lowest BCUT2D eigenvalue weighted by molar-refractivity contribution is 0.508. The standard InChI is InChI=1S/C14H22/c1-4-11-9-12-7-6-8-14(12)10(3)13(11)5-2/h9,12,14H,4-8H2,1-3H3. The van der Waals surface area contributed by atoms with Crippen molar-refractivity contribution in [2.75, 3.05) is 0 Å². The van der Waals surface area contributed by atoms with Crippen LogP contribution in [0.25, 0.3) is 0 Å². The van der Waals surface area contributed by atoms with E-state index in [4.69, 9.17) is 0 Å². The molecule has 2 aliphatic rings. The van der Waals surface area contributed by atoms with Gasteiger partial charge in [-0.25, -0.2) is 0 Å². The van der Waals surface area contributed by atoms with Crippen molar-refractivity contribution in [1.82, 2.24) is 0 Å². The molecule has 0 spiro atoms. The number of hydrogen-bond donors (Lipinski definition) is 0. The van der Waals surface area contributed by atoms with Crippen molar-refractivity contribution in [3.63, 3.8) is 0 Å². The molecule has 0 nitrogen and oxygen atoms in total. The highest BCUT2D eigenvalue weighted by Crippen LogP contribution is 2.45. The molecular weight excluding hydrogens is 168 g/mol. The first-order valence-corrected chi connectivity index (χ1v) is 6.18. The summed E-state index contributed by atoms with van der Waals surface area (Å²) in [6.45, 7) is 6.98. The van der Waals surface area contributed by atoms with E-state index in [-0.39, 0.29) is 0 Å². The Morgan fingerprint density at radius 2 is 2.00 bits per heavy atom. The first-order chi connectivity index (χ1) is 6.77. The van der Waals surface area contributed by atoms with Crippen molar-refractivity contribution >= 4 is 0 Å². The van der Waals surface area contributed by atoms with Gasteiger partial charge in [-0.2, -0.15) is 0 Å². The maximum Gasteiger partial charge on any atom is -0.0137 e. The maximum absolute atomic E-state index is 2.59. The minimum absolute atomic E-state index is 0.889. The predicted molar refractivity (Wildman–Crippen MR) is 62.2 cm³/mol. The van der Waals surface area contributed by atoms with E-state index in [9.17, 15) is 0 Å². The highest BCUT2D eigenvalue weighted by atomic mass is 14.4. The Morgan fingerprint density at radius 3 is 2.64 bits per heavy atom. The van der Waals surface area contributed by atoms with Gasteiger partial charge in [0.05, 0.1) is 0 Å². The zero-order valence-corrected chi connectivity index (χ0v) is 9.77. The van der Waals surface area contributed by atoms with Crippen LogP contribution in [0, 0.1) is 11.8 Å². The quantitative estimate of drug-likeness (QED) is 0.602. The van der Waals surface area contributed by atoms with Crippen LogP contribution in [0.3, 0.4) is 0 Å². The van der Waals surface area contributed by atoms with E-state index in [1.807, 2.05) is 0 Å². The second-order valence-corrected chi connectivity index (χ2v) is 4.76. The summed E-state index contributed by atoms with van der Waals surface area (Å²) in [5.74, 6) is 1.79. The normalized spacial score (nSPS) is 31.8. The molecule has 14 heavy (non-hydrogen) atoms. The van der Waals surface area contributed by atoms with Gasteiger partial charge in [0.2, 0.25) is 0 Å². The van der Waals surface area contributed by atoms with Gasteiger partial charge in [-0.1, -0.05) is 31.9 Å². The lowest BCUT2D eigenvalue weighted by atomic mass is 9.77. The maximum atomic E-state index is 2.59. The molecule has 0 radical (unpaired) electrons. The van der Waals surface area contributed by atoms with Crippen molar-refractivity contribution in [3.05, 3.63) is 22.8 Å². The minimum Gasteiger partial charge on any atom is -0.0773 e. The molecule has 2 aliphatic carbocycles. The van der Waals surface area contributed by atoms with E-state index in [1.54, 1.807) is 16.7 Å². The first-order valence-electron chi connectivity index (χ1n) is 6.18. The summed E-state index contributed by atoms with van der Waals surface area (Å²) >= 11 is 0. The molecule has 78 valence electrons. The van der Waals surface area contributed by atoms with Gasteiger partial charge in [-0.15, -0.1) is 0 Å². The van der Waals surface area contributed by atoms with Crippen LogP contribution in [-0.2, 0) is 0 Å². The molecule has 1 fully saturated rings. The predicted octanol–water partition coefficient (Wildman–Crippen LogP) is 4.48. The molecule has 2 unspecified atom stereocenters. The second-order valence-electron chi connectivity index (χ2n) is 4.76. The Balaban J connectivity index is 2.35. The van der Waals surface area contributed by atoms with Gasteiger partial charge in [0.1, 0.15) is 0 Å². The van der Waals surface area contributed by atoms with Gasteiger partial charge in [-0.3, -0.25) is 0 Å². The smallest absolute Gasteiger partial charge is 0.0137 e. The molecule has 0 aromatic carbocycles. The van der Waals surface area contributed by atoms with Gasteiger partial charge >= 0.3 is 0 Å². The average molecular weight is 190 g/mol. The molecule has 1 saturated carbocycles. The highest BCUT2D eigenvalue weighted by molar-refractivity contribution is 5.40. The van der Waals surface area contributed by atoms with E-state index < -0.39 is 0 Å². The third-order valence-electron chi connectivity index (χ3n) is 4.14. The highest BCUT2D eigenvalue weighted by Gasteiger charge is 2.31. The lowest BCUT2D eigenvalue weighted by Crippen LogP contribution is -2.15. The number of hydrogen-bond acceptors (Lipinski definition) is 0. The van der Waals surface area contributed by atoms with Crippen LogP contribution in [0.4, 0.5) is 0 Å². The molecular formula is C14H22. The van der Waals surface area contributed by atoms with Gasteiger partial charge in [-0.05, 0) is 55.6 Å². The van der Waals surface area contributed by atoms with Crippen molar-refractivity contribution < 1.29 is 0 Å². The number of allylic oxidation sites excluding steroid dienone is 4. The summed E-state index contributed by atoms with van der Waals surface area (Å²) in [5.41, 5.74) is 5.04. The summed E-state index contributed by atoms with van der Waals surface area (Å²) in [5, 5.41) is 0. The minimum atomic E-state index is 0.889. The van der Waals surface area contributed by atoms with Crippen LogP contribution >= 0.6 is 0 Å². The third-order valence-corrected chi connectivity index (χ3v) is 4.14. The Bertz CT molecular complexity index is 280. The average Bonchev–Trinajstić information content (AvgIpc) is 2.65. The Hall–Kier alpha value is -0.520. The van der Waals surface area contributed by atoms with E-state index >= 15 is 0 Å². The van der Waals surface area contributed by atoms with Crippen molar-refractivity contribution in [3.8, 4) is 0 Å². The zero-order valence-electron chi connectivity index (χ0n) is 9.77. The second kappa shape index (κ2) is 3.92. The van der Waals surface area contributed by atoms with E-state index in [1.165, 1.54) is 32.1 Å². The fourth-order valence-electron chi connectivity index (χ4n) is 3.40. The van der Waals surface area contributed by atoms with Crippen LogP contribution in [0.5, 0.6) is 0 Å². The van der Waals surface area contributed by atoms with Gasteiger partial charge in [0, 0.05) is 0 Å². The van der Waals surface area contributed by atoms with Crippen LogP contribution in [0.15, 0.2) is 22.8 Å². The molecule has 0 aromatic rings. The van der Waals surface area contributed by atoms with Gasteiger partial charge in [0.25, 0.3) is 0 Å². The summed E-state index contributed by atoms with van der Waals surface area (Å²) in [7, 11) is 0. The van der Waals surface area contributed by atoms with E-state index in [0.29, 0.717) is 0 Å². The molecule has 2 atom stereocenters. The molecule has 2 rings (SSSR count). The van der Waals surface area contributed by atoms with Crippen LogP contribution in [-0.4, -0.2) is 0 Å². The van der Waals surface area contributed by atoms with Crippen molar-refractivity contribution in [2.45, 2.75) is 52.9 Å². The summed E-state index contributed by atoms with van der Waals surface area (Å²) in [4.78, 5) is 0. The molecule has 0 aliphatic heterocycles. The number of rotatable bonds is 2. The lowest BCUT2D eigenvalue weighted by Gasteiger charge is -2.28. The Kier molecular flexibility index (Phi) is 2.80. The van der Waals surface area contributed by atoms with Crippen LogP contribution < -0.4 is 0 Å². The molecule has 0 heteroatoms. The van der Waals surface area contributed by atoms with Gasteiger partial charge in [0.15, 0.2) is 0 Å². The van der Waals surface area contributed by atoms with Crippen LogP contribution in [0.1, 0.15) is 52.9 Å². The molecule has 0 bridgehead atoms. The summed E-state index contributed by atoms with van der Waals surface area (Å²) in [6.07, 6.45) is 9.36. The molecule has 0 amide bonds. The van der Waals surface area contributed by atoms with Gasteiger partial charge < -0.3 is 0 Å². The fourth-order valence-corrected chi connectivity index (χ4v) is 3.40. The Labute approximate surface area is 88.1 Å². The SMILES string of the molecule is CCC1=CC2CCCC2C(C)=C1CC. The molecule has 0 aromatic heterocycles. The Morgan fingerprint density at radius 1 is 1.21 bits per heavy atom. The number of fused-ring (bicyclic) bond motifs is 1. The molecule has 0 saturated heterocycles. The van der Waals surface area contributed by atoms with Crippen molar-refractivity contribution in [1.29, 1.82) is 0 Å². The zero-order chi connectivity index (χ0) is 10.1. The fraction of sp³-hybridized carbons (Fsp3) is 0.714. The van der Waals surface area contributed by atoms with E-state index in [2.05, 4.69) is 26.8 Å². The van der Waals surface area contributed by atoms with E-state index in [0.717, 1.165) is 11.8 Å². The molecule has 0 N–H and O–H groups in total.